The molecule has 5 rings (SSSR count). The lowest BCUT2D eigenvalue weighted by Gasteiger charge is -2.35. The molecule has 2 aliphatic heterocycles. The van der Waals surface area contributed by atoms with Crippen molar-refractivity contribution < 1.29 is 19.0 Å². The molecule has 10 nitrogen and oxygen atoms in total. The molecule has 4 heterocycles. The zero-order valence-electron chi connectivity index (χ0n) is 18.7. The van der Waals surface area contributed by atoms with E-state index in [2.05, 4.69) is 25.9 Å². The molecule has 2 aromatic heterocycles. The third-order valence-electron chi connectivity index (χ3n) is 5.96. The second-order valence-electron chi connectivity index (χ2n) is 8.10. The largest absolute Gasteiger partial charge is 0.454 e. The van der Waals surface area contributed by atoms with Gasteiger partial charge in [-0.2, -0.15) is 0 Å². The maximum atomic E-state index is 12.4. The summed E-state index contributed by atoms with van der Waals surface area (Å²) >= 11 is 5.02. The highest BCUT2D eigenvalue weighted by molar-refractivity contribution is 9.10. The van der Waals surface area contributed by atoms with Gasteiger partial charge in [-0.25, -0.2) is 14.8 Å². The first-order valence-electron chi connectivity index (χ1n) is 11.2. The number of H-pyrrole nitrogens is 1. The van der Waals surface area contributed by atoms with Crippen LogP contribution in [0.15, 0.2) is 33.0 Å². The van der Waals surface area contributed by atoms with E-state index in [0.717, 1.165) is 41.6 Å². The highest BCUT2D eigenvalue weighted by atomic mass is 79.9. The average Bonchev–Trinajstić information content (AvgIpc) is 3.46. The van der Waals surface area contributed by atoms with Crippen LogP contribution in [-0.4, -0.2) is 56.5 Å². The van der Waals surface area contributed by atoms with Crippen LogP contribution in [0.3, 0.4) is 0 Å². The molecule has 2 N–H and O–H groups in total. The molecule has 1 amide bonds. The molecule has 1 saturated heterocycles. The Labute approximate surface area is 208 Å². The van der Waals surface area contributed by atoms with Gasteiger partial charge in [-0.15, -0.1) is 0 Å². The summed E-state index contributed by atoms with van der Waals surface area (Å²) in [4.78, 5) is 27.4. The quantitative estimate of drug-likeness (QED) is 0.471. The zero-order valence-corrected chi connectivity index (χ0v) is 21.1. The van der Waals surface area contributed by atoms with Crippen molar-refractivity contribution in [3.63, 3.8) is 0 Å². The second kappa shape index (κ2) is 9.87. The van der Waals surface area contributed by atoms with Gasteiger partial charge in [0.2, 0.25) is 6.79 Å². The Morgan fingerprint density at radius 3 is 3.00 bits per heavy atom. The van der Waals surface area contributed by atoms with Crippen LogP contribution in [0.5, 0.6) is 11.5 Å². The molecule has 180 valence electrons. The van der Waals surface area contributed by atoms with Crippen LogP contribution in [0, 0.1) is 5.41 Å². The number of imidazole rings is 1. The second-order valence-corrected chi connectivity index (χ2v) is 9.98. The van der Waals surface area contributed by atoms with Gasteiger partial charge in [0, 0.05) is 28.5 Å². The van der Waals surface area contributed by atoms with E-state index in [1.807, 2.05) is 28.5 Å². The molecule has 0 aliphatic carbocycles. The number of likely N-dealkylation sites (tertiary alicyclic amines) is 1. The Balaban J connectivity index is 1.36. The summed E-state index contributed by atoms with van der Waals surface area (Å²) < 4.78 is 19.0. The molecular weight excluding hydrogens is 524 g/mol. The van der Waals surface area contributed by atoms with Crippen molar-refractivity contribution >= 4 is 44.9 Å². The lowest BCUT2D eigenvalue weighted by molar-refractivity contribution is 0.0733. The van der Waals surface area contributed by atoms with Gasteiger partial charge in [-0.05, 0) is 60.7 Å². The van der Waals surface area contributed by atoms with Crippen LogP contribution in [-0.2, 0) is 11.3 Å². The summed E-state index contributed by atoms with van der Waals surface area (Å²) in [5, 5.41) is 8.89. The van der Waals surface area contributed by atoms with E-state index in [9.17, 15) is 4.79 Å². The van der Waals surface area contributed by atoms with Crippen LogP contribution < -0.4 is 15.0 Å². The fourth-order valence-corrected chi connectivity index (χ4v) is 5.67. The SMILES string of the molecule is CCOC(=O)N1CCCCC1CCn1cnc(=N)c2[nH]c(Sc3cc4c(cc3Br)OCO4)nc21. The molecule has 1 aromatic carbocycles. The number of piperidine rings is 1. The van der Waals surface area contributed by atoms with Crippen molar-refractivity contribution in [3.05, 3.63) is 28.4 Å². The maximum Gasteiger partial charge on any atom is 0.409 e. The molecule has 1 atom stereocenters. The van der Waals surface area contributed by atoms with E-state index in [4.69, 9.17) is 24.6 Å². The zero-order chi connectivity index (χ0) is 23.7. The Hall–Kier alpha value is -2.73. The van der Waals surface area contributed by atoms with Gasteiger partial charge in [0.05, 0.1) is 12.9 Å². The molecule has 0 radical (unpaired) electrons. The lowest BCUT2D eigenvalue weighted by Crippen LogP contribution is -2.44. The Bertz CT molecular complexity index is 1280. The summed E-state index contributed by atoms with van der Waals surface area (Å²) in [5.74, 6) is 1.40. The summed E-state index contributed by atoms with van der Waals surface area (Å²) in [6, 6.07) is 3.90. The minimum atomic E-state index is -0.241. The molecule has 0 bridgehead atoms. The highest BCUT2D eigenvalue weighted by Crippen LogP contribution is 2.42. The number of hydrogen-bond donors (Lipinski definition) is 2. The number of nitrogens with one attached hydrogen (secondary N) is 2. The number of rotatable bonds is 6. The number of amides is 1. The van der Waals surface area contributed by atoms with Crippen molar-refractivity contribution in [2.75, 3.05) is 19.9 Å². The van der Waals surface area contributed by atoms with Gasteiger partial charge in [-0.3, -0.25) is 5.41 Å². The number of hydrogen-bond acceptors (Lipinski definition) is 8. The molecule has 1 fully saturated rings. The summed E-state index contributed by atoms with van der Waals surface area (Å²) in [5.41, 5.74) is 1.38. The van der Waals surface area contributed by atoms with E-state index >= 15 is 0 Å². The molecule has 0 spiro atoms. The lowest BCUT2D eigenvalue weighted by atomic mass is 10.00. The average molecular weight is 549 g/mol. The van der Waals surface area contributed by atoms with Crippen molar-refractivity contribution in [2.45, 2.75) is 55.2 Å². The van der Waals surface area contributed by atoms with E-state index in [1.165, 1.54) is 11.8 Å². The fraction of sp³-hybridized carbons (Fsp3) is 0.455. The molecule has 3 aromatic rings. The monoisotopic (exact) mass is 548 g/mol. The van der Waals surface area contributed by atoms with Gasteiger partial charge in [-0.1, -0.05) is 11.8 Å². The first-order valence-corrected chi connectivity index (χ1v) is 12.8. The minimum Gasteiger partial charge on any atom is -0.454 e. The van der Waals surface area contributed by atoms with E-state index < -0.39 is 0 Å². The minimum absolute atomic E-state index is 0.114. The number of aromatic nitrogens is 4. The van der Waals surface area contributed by atoms with Crippen LogP contribution in [0.2, 0.25) is 0 Å². The van der Waals surface area contributed by atoms with E-state index in [1.54, 1.807) is 6.33 Å². The molecule has 0 saturated carbocycles. The van der Waals surface area contributed by atoms with Crippen LogP contribution in [0.25, 0.3) is 11.2 Å². The Kier molecular flexibility index (Phi) is 6.68. The van der Waals surface area contributed by atoms with E-state index in [-0.39, 0.29) is 24.4 Å². The Morgan fingerprint density at radius 2 is 2.18 bits per heavy atom. The van der Waals surface area contributed by atoms with Crippen molar-refractivity contribution in [1.29, 1.82) is 5.41 Å². The van der Waals surface area contributed by atoms with Crippen molar-refractivity contribution in [2.24, 2.45) is 0 Å². The van der Waals surface area contributed by atoms with Crippen LogP contribution >= 0.6 is 27.7 Å². The van der Waals surface area contributed by atoms with Gasteiger partial charge >= 0.3 is 6.09 Å². The van der Waals surface area contributed by atoms with Crippen molar-refractivity contribution in [1.82, 2.24) is 24.4 Å². The maximum absolute atomic E-state index is 12.4. The molecule has 2 aliphatic rings. The predicted octanol–water partition coefficient (Wildman–Crippen LogP) is 4.28. The number of ether oxygens (including phenoxy) is 3. The Morgan fingerprint density at radius 1 is 1.35 bits per heavy atom. The van der Waals surface area contributed by atoms with Gasteiger partial charge < -0.3 is 28.7 Å². The molecule has 1 unspecified atom stereocenters. The van der Waals surface area contributed by atoms with E-state index in [0.29, 0.717) is 41.0 Å². The summed E-state index contributed by atoms with van der Waals surface area (Å²) in [6.45, 7) is 3.77. The van der Waals surface area contributed by atoms with Crippen LogP contribution in [0.1, 0.15) is 32.6 Å². The van der Waals surface area contributed by atoms with Gasteiger partial charge in [0.1, 0.15) is 5.52 Å². The van der Waals surface area contributed by atoms with Crippen LogP contribution in [0.4, 0.5) is 4.79 Å². The number of carbonyl (C=O) groups excluding carboxylic acids is 1. The number of aryl methyl sites for hydroxylation is 1. The van der Waals surface area contributed by atoms with Gasteiger partial charge in [0.15, 0.2) is 27.8 Å². The standard InChI is InChI=1S/C22H25BrN6O4S/c1-2-31-22(30)29-7-4-3-5-13(29)6-8-28-11-25-19(24)18-20(28)27-21(26-18)34-17-10-16-15(9-14(17)23)32-12-33-16/h9-11,13,24H,2-8,12H2,1H3,(H,26,27). The first-order chi connectivity index (χ1) is 16.5. The van der Waals surface area contributed by atoms with Gasteiger partial charge in [0.25, 0.3) is 0 Å². The summed E-state index contributed by atoms with van der Waals surface area (Å²) in [6.07, 6.45) is 5.21. The normalized spacial score (nSPS) is 17.4. The topological polar surface area (TPSA) is 118 Å². The fourth-order valence-electron chi connectivity index (χ4n) is 4.29. The third-order valence-corrected chi connectivity index (χ3v) is 7.83. The number of nitrogens with zero attached hydrogens (tertiary/aromatic N) is 4. The number of aromatic amines is 1. The summed E-state index contributed by atoms with van der Waals surface area (Å²) in [7, 11) is 0. The molecule has 12 heteroatoms. The third kappa shape index (κ3) is 4.61. The smallest absolute Gasteiger partial charge is 0.409 e. The van der Waals surface area contributed by atoms with Crippen molar-refractivity contribution in [3.8, 4) is 11.5 Å². The number of fused-ring (bicyclic) bond motifs is 2. The number of halogens is 1. The number of carbonyl (C=O) groups is 1. The number of benzene rings is 1. The first kappa shape index (κ1) is 23.0. The molecular formula is C22H25BrN6O4S. The molecule has 34 heavy (non-hydrogen) atoms. The highest BCUT2D eigenvalue weighted by Gasteiger charge is 2.27. The predicted molar refractivity (Wildman–Crippen MR) is 128 cm³/mol.